The summed E-state index contributed by atoms with van der Waals surface area (Å²) in [5.74, 6) is 0. The summed E-state index contributed by atoms with van der Waals surface area (Å²) in [6.45, 7) is 20.9. The fourth-order valence-electron chi connectivity index (χ4n) is 6.56. The highest BCUT2D eigenvalue weighted by molar-refractivity contribution is 5.57. The highest BCUT2D eigenvalue weighted by atomic mass is 16.3. The van der Waals surface area contributed by atoms with Crippen molar-refractivity contribution in [1.82, 2.24) is 0 Å². The van der Waals surface area contributed by atoms with Crippen molar-refractivity contribution in [3.05, 3.63) is 123 Å². The Morgan fingerprint density at radius 2 is 1.53 bits per heavy atom. The molecular formula is C42H59N2O+. The van der Waals surface area contributed by atoms with Gasteiger partial charge in [0, 0.05) is 24.3 Å². The monoisotopic (exact) mass is 607 g/mol. The number of aliphatic hydroxyl groups excluding tert-OH is 1. The highest BCUT2D eigenvalue weighted by Crippen LogP contribution is 2.41. The van der Waals surface area contributed by atoms with Gasteiger partial charge >= 0.3 is 0 Å². The molecule has 2 aliphatic rings. The third-order valence-electron chi connectivity index (χ3n) is 9.53. The molecule has 0 aliphatic heterocycles. The summed E-state index contributed by atoms with van der Waals surface area (Å²) in [6, 6.07) is 4.44. The first-order chi connectivity index (χ1) is 21.2. The molecule has 0 saturated carbocycles. The lowest BCUT2D eigenvalue weighted by atomic mass is 9.71. The molecule has 1 aromatic rings. The number of nitrogens with zero attached hydrogens (tertiary/aromatic N) is 1. The molecule has 2 aliphatic carbocycles. The largest absolute Gasteiger partial charge is 0.390 e. The standard InChI is InChI=1S/C42H59N2O/c1-31(18-20-38-34(4)16-12-24-41(38,6)7)13-10-15-33(3)29-37-30-36(23-26-44(37)27-28-45)17-11-14-32(2)19-21-39-35(5)40(43)22-25-42(39,8)9/h10-11,13-15,17-21,23,26,29-30,40,45H,12,16,22,24-25,27-28,43H2,1-9H3/q+1/b15-10+,17-11+,20-18+,21-19+,31-13+,32-14+,33-29+. The van der Waals surface area contributed by atoms with E-state index < -0.39 is 0 Å². The topological polar surface area (TPSA) is 50.1 Å². The lowest BCUT2D eigenvalue weighted by molar-refractivity contribution is -0.699. The van der Waals surface area contributed by atoms with Crippen LogP contribution in [0.3, 0.4) is 0 Å². The predicted molar refractivity (Wildman–Crippen MR) is 195 cm³/mol. The fraction of sp³-hybridized carbons (Fsp3) is 0.452. The van der Waals surface area contributed by atoms with E-state index in [-0.39, 0.29) is 23.5 Å². The maximum atomic E-state index is 9.64. The molecule has 0 spiro atoms. The van der Waals surface area contributed by atoms with E-state index in [0.29, 0.717) is 6.54 Å². The summed E-state index contributed by atoms with van der Waals surface area (Å²) in [4.78, 5) is 0. The molecule has 3 N–H and O–H groups in total. The molecule has 0 aromatic carbocycles. The van der Waals surface area contributed by atoms with E-state index in [9.17, 15) is 5.11 Å². The van der Waals surface area contributed by atoms with Crippen molar-refractivity contribution in [3.8, 4) is 0 Å². The zero-order chi connectivity index (χ0) is 33.2. The van der Waals surface area contributed by atoms with E-state index >= 15 is 0 Å². The van der Waals surface area contributed by atoms with Crippen molar-refractivity contribution in [2.75, 3.05) is 6.61 Å². The molecule has 3 nitrogen and oxygen atoms in total. The van der Waals surface area contributed by atoms with Crippen LogP contribution in [-0.2, 0) is 6.54 Å². The molecule has 0 radical (unpaired) electrons. The van der Waals surface area contributed by atoms with Crippen molar-refractivity contribution in [2.24, 2.45) is 16.6 Å². The Balaban J connectivity index is 1.73. The second-order valence-corrected chi connectivity index (χ2v) is 14.5. The Labute approximate surface area is 274 Å². The molecule has 0 saturated heterocycles. The number of allylic oxidation sites excluding steroid dienone is 15. The summed E-state index contributed by atoms with van der Waals surface area (Å²) in [5.41, 5.74) is 18.2. The molecule has 0 fully saturated rings. The third-order valence-corrected chi connectivity index (χ3v) is 9.53. The van der Waals surface area contributed by atoms with Gasteiger partial charge in [-0.25, -0.2) is 0 Å². The average molecular weight is 608 g/mol. The van der Waals surface area contributed by atoms with E-state index in [2.05, 4.69) is 152 Å². The molecule has 1 heterocycles. The number of aromatic nitrogens is 1. The van der Waals surface area contributed by atoms with Gasteiger partial charge in [-0.2, -0.15) is 4.57 Å². The molecule has 1 atom stereocenters. The quantitative estimate of drug-likeness (QED) is 0.194. The van der Waals surface area contributed by atoms with E-state index in [1.807, 2.05) is 0 Å². The average Bonchev–Trinajstić information content (AvgIpc) is 2.96. The van der Waals surface area contributed by atoms with Gasteiger partial charge < -0.3 is 10.8 Å². The van der Waals surface area contributed by atoms with Gasteiger partial charge in [0.2, 0.25) is 5.69 Å². The molecule has 0 bridgehead atoms. The van der Waals surface area contributed by atoms with Crippen LogP contribution in [0.4, 0.5) is 0 Å². The van der Waals surface area contributed by atoms with Crippen LogP contribution in [0, 0.1) is 10.8 Å². The third kappa shape index (κ3) is 10.7. The summed E-state index contributed by atoms with van der Waals surface area (Å²) in [6.07, 6.45) is 32.0. The van der Waals surface area contributed by atoms with Crippen molar-refractivity contribution >= 4 is 12.2 Å². The van der Waals surface area contributed by atoms with Crippen LogP contribution in [0.5, 0.6) is 0 Å². The lowest BCUT2D eigenvalue weighted by Gasteiger charge is -2.36. The minimum atomic E-state index is 0.0996. The van der Waals surface area contributed by atoms with Gasteiger partial charge in [-0.15, -0.1) is 0 Å². The molecular weight excluding hydrogens is 548 g/mol. The number of hydrogen-bond donors (Lipinski definition) is 2. The highest BCUT2D eigenvalue weighted by Gasteiger charge is 2.30. The smallest absolute Gasteiger partial charge is 0.206 e. The lowest BCUT2D eigenvalue weighted by Crippen LogP contribution is -2.38. The molecule has 0 amide bonds. The first-order valence-corrected chi connectivity index (χ1v) is 16.8. The molecule has 1 unspecified atom stereocenters. The van der Waals surface area contributed by atoms with Gasteiger partial charge in [-0.1, -0.05) is 111 Å². The summed E-state index contributed by atoms with van der Waals surface area (Å²) in [7, 11) is 0. The van der Waals surface area contributed by atoms with Gasteiger partial charge in [-0.05, 0) is 99.8 Å². The fourth-order valence-corrected chi connectivity index (χ4v) is 6.56. The van der Waals surface area contributed by atoms with E-state index in [1.165, 1.54) is 52.7 Å². The van der Waals surface area contributed by atoms with Crippen LogP contribution >= 0.6 is 0 Å². The Hall–Kier alpha value is -3.27. The zero-order valence-corrected chi connectivity index (χ0v) is 29.6. The van der Waals surface area contributed by atoms with Gasteiger partial charge in [0.15, 0.2) is 12.7 Å². The van der Waals surface area contributed by atoms with Gasteiger partial charge in [0.05, 0.1) is 0 Å². The summed E-state index contributed by atoms with van der Waals surface area (Å²) >= 11 is 0. The van der Waals surface area contributed by atoms with Crippen molar-refractivity contribution in [1.29, 1.82) is 0 Å². The minimum Gasteiger partial charge on any atom is -0.390 e. The Kier molecular flexibility index (Phi) is 13.1. The van der Waals surface area contributed by atoms with Crippen molar-refractivity contribution < 1.29 is 9.67 Å². The van der Waals surface area contributed by atoms with Crippen molar-refractivity contribution in [2.45, 2.75) is 107 Å². The number of aliphatic hydroxyl groups is 1. The predicted octanol–water partition coefficient (Wildman–Crippen LogP) is 9.93. The minimum absolute atomic E-state index is 0.0996. The molecule has 3 heteroatoms. The molecule has 45 heavy (non-hydrogen) atoms. The Morgan fingerprint density at radius 3 is 2.20 bits per heavy atom. The molecule has 3 rings (SSSR count). The van der Waals surface area contributed by atoms with Crippen LogP contribution in [-0.4, -0.2) is 17.8 Å². The van der Waals surface area contributed by atoms with Crippen LogP contribution in [0.25, 0.3) is 12.2 Å². The normalized spacial score (nSPS) is 21.8. The zero-order valence-electron chi connectivity index (χ0n) is 29.6. The SMILES string of the molecule is CC1=C(/C=C/C(C)=C/C=C/C(C)=C/c2cc(/C=C/C=C(C)/C=C/C3=C(C)C(N)CCC3(C)C)cc[n+]2CCO)C(C)(C)CCC1. The van der Waals surface area contributed by atoms with Crippen LogP contribution in [0.2, 0.25) is 0 Å². The van der Waals surface area contributed by atoms with Gasteiger partial charge in [0.25, 0.3) is 0 Å². The number of nitrogens with two attached hydrogens (primary N) is 1. The van der Waals surface area contributed by atoms with Crippen LogP contribution in [0.15, 0.2) is 112 Å². The number of hydrogen-bond acceptors (Lipinski definition) is 2. The Bertz CT molecular complexity index is 1480. The maximum absolute atomic E-state index is 9.64. The van der Waals surface area contributed by atoms with Crippen molar-refractivity contribution in [3.63, 3.8) is 0 Å². The van der Waals surface area contributed by atoms with E-state index in [0.717, 1.165) is 29.7 Å². The molecule has 242 valence electrons. The second kappa shape index (κ2) is 16.3. The summed E-state index contributed by atoms with van der Waals surface area (Å²) < 4.78 is 2.09. The Morgan fingerprint density at radius 1 is 0.889 bits per heavy atom. The second-order valence-electron chi connectivity index (χ2n) is 14.5. The molecule has 1 aromatic heterocycles. The first kappa shape index (κ1) is 36.2. The van der Waals surface area contributed by atoms with Gasteiger partial charge in [-0.3, -0.25) is 0 Å². The van der Waals surface area contributed by atoms with Crippen LogP contribution < -0.4 is 10.3 Å². The first-order valence-electron chi connectivity index (χ1n) is 16.8. The van der Waals surface area contributed by atoms with E-state index in [4.69, 9.17) is 5.73 Å². The summed E-state index contributed by atoms with van der Waals surface area (Å²) in [5, 5.41) is 9.64. The van der Waals surface area contributed by atoms with Crippen LogP contribution in [0.1, 0.15) is 106 Å². The maximum Gasteiger partial charge on any atom is 0.206 e. The number of pyridine rings is 1. The number of rotatable bonds is 11. The van der Waals surface area contributed by atoms with Gasteiger partial charge in [0.1, 0.15) is 6.61 Å². The van der Waals surface area contributed by atoms with E-state index in [1.54, 1.807) is 0 Å².